The van der Waals surface area contributed by atoms with E-state index in [1.54, 1.807) is 27.4 Å². The maximum atomic E-state index is 6.32. The maximum absolute atomic E-state index is 6.32. The van der Waals surface area contributed by atoms with Gasteiger partial charge in [-0.25, -0.2) is 0 Å². The first-order valence-corrected chi connectivity index (χ1v) is 8.78. The lowest BCUT2D eigenvalue weighted by Crippen LogP contribution is -2.28. The van der Waals surface area contributed by atoms with Crippen molar-refractivity contribution < 1.29 is 14.2 Å². The Morgan fingerprint density at radius 2 is 1.58 bits per heavy atom. The summed E-state index contributed by atoms with van der Waals surface area (Å²) in [6.45, 7) is 4.45. The lowest BCUT2D eigenvalue weighted by atomic mass is 10.1. The molecule has 0 bridgehead atoms. The van der Waals surface area contributed by atoms with Gasteiger partial charge in [-0.15, -0.1) is 0 Å². The van der Waals surface area contributed by atoms with Gasteiger partial charge in [0.2, 0.25) is 0 Å². The Morgan fingerprint density at radius 3 is 2.15 bits per heavy atom. The Balaban J connectivity index is 2.12. The number of aryl methyl sites for hydroxylation is 2. The number of hydrogen-bond acceptors (Lipinski definition) is 4. The van der Waals surface area contributed by atoms with Gasteiger partial charge in [-0.3, -0.25) is 0 Å². The second-order valence-corrected chi connectivity index (χ2v) is 6.58. The van der Waals surface area contributed by atoms with Gasteiger partial charge in [-0.2, -0.15) is 0 Å². The minimum atomic E-state index is 0.456. The first-order valence-electron chi connectivity index (χ1n) is 8.00. The highest BCUT2D eigenvalue weighted by Gasteiger charge is 2.13. The highest BCUT2D eigenvalue weighted by molar-refractivity contribution is 7.80. The van der Waals surface area contributed by atoms with E-state index in [0.29, 0.717) is 33.9 Å². The molecular weight excluding hydrogens is 372 g/mol. The third-order valence-electron chi connectivity index (χ3n) is 3.90. The molecule has 0 aliphatic carbocycles. The molecule has 0 aromatic heterocycles. The molecule has 0 heterocycles. The highest BCUT2D eigenvalue weighted by atomic mass is 35.5. The summed E-state index contributed by atoms with van der Waals surface area (Å²) < 4.78 is 16.1. The predicted octanol–water partition coefficient (Wildman–Crippen LogP) is 4.47. The van der Waals surface area contributed by atoms with Crippen LogP contribution in [0.5, 0.6) is 17.2 Å². The molecule has 0 aliphatic heterocycles. The minimum Gasteiger partial charge on any atom is -0.496 e. The first kappa shape index (κ1) is 20.1. The van der Waals surface area contributed by atoms with E-state index < -0.39 is 0 Å². The summed E-state index contributed by atoms with van der Waals surface area (Å²) in [6, 6.07) is 7.59. The molecule has 0 saturated heterocycles. The lowest BCUT2D eigenvalue weighted by molar-refractivity contribution is 0.347. The van der Waals surface area contributed by atoms with E-state index in [2.05, 4.69) is 10.6 Å². The predicted molar refractivity (Wildman–Crippen MR) is 110 cm³/mol. The van der Waals surface area contributed by atoms with Crippen molar-refractivity contribution >= 4 is 34.6 Å². The molecule has 2 aromatic carbocycles. The number of halogens is 1. The molecule has 0 unspecified atom stereocenters. The molecule has 0 radical (unpaired) electrons. The molecule has 0 spiro atoms. The molecule has 7 heteroatoms. The van der Waals surface area contributed by atoms with E-state index in [1.165, 1.54) is 0 Å². The van der Waals surface area contributed by atoms with Crippen molar-refractivity contribution in [1.29, 1.82) is 0 Å². The van der Waals surface area contributed by atoms with Gasteiger partial charge in [0, 0.05) is 18.2 Å². The van der Waals surface area contributed by atoms with Gasteiger partial charge in [0.05, 0.1) is 32.0 Å². The molecule has 2 rings (SSSR count). The van der Waals surface area contributed by atoms with Crippen LogP contribution in [0, 0.1) is 13.8 Å². The summed E-state index contributed by atoms with van der Waals surface area (Å²) >= 11 is 11.7. The number of nitrogens with one attached hydrogen (secondary N) is 2. The molecule has 0 amide bonds. The van der Waals surface area contributed by atoms with Crippen LogP contribution in [0.3, 0.4) is 0 Å². The zero-order valence-electron chi connectivity index (χ0n) is 15.5. The molecule has 0 saturated carbocycles. The van der Waals surface area contributed by atoms with E-state index in [4.69, 9.17) is 38.0 Å². The van der Waals surface area contributed by atoms with Crippen LogP contribution in [0.15, 0.2) is 24.3 Å². The van der Waals surface area contributed by atoms with Crippen LogP contribution < -0.4 is 24.8 Å². The molecule has 0 atom stereocenters. The molecule has 26 heavy (non-hydrogen) atoms. The fraction of sp³-hybridized carbons (Fsp3) is 0.316. The van der Waals surface area contributed by atoms with Crippen LogP contribution in [0.2, 0.25) is 5.02 Å². The average Bonchev–Trinajstić information content (AvgIpc) is 2.62. The number of ether oxygens (including phenoxy) is 3. The van der Waals surface area contributed by atoms with Crippen molar-refractivity contribution in [3.8, 4) is 17.2 Å². The van der Waals surface area contributed by atoms with Crippen molar-refractivity contribution in [2.24, 2.45) is 0 Å². The second-order valence-electron chi connectivity index (χ2n) is 5.77. The third-order valence-corrected chi connectivity index (χ3v) is 4.44. The Morgan fingerprint density at radius 1 is 0.962 bits per heavy atom. The lowest BCUT2D eigenvalue weighted by Gasteiger charge is -2.17. The second kappa shape index (κ2) is 8.96. The van der Waals surface area contributed by atoms with Gasteiger partial charge < -0.3 is 24.8 Å². The summed E-state index contributed by atoms with van der Waals surface area (Å²) in [5.74, 6) is 1.92. The van der Waals surface area contributed by atoms with Crippen LogP contribution in [0.4, 0.5) is 5.69 Å². The maximum Gasteiger partial charge on any atom is 0.171 e. The van der Waals surface area contributed by atoms with E-state index >= 15 is 0 Å². The van der Waals surface area contributed by atoms with Crippen LogP contribution in [0.1, 0.15) is 16.7 Å². The third kappa shape index (κ3) is 4.71. The van der Waals surface area contributed by atoms with Crippen LogP contribution >= 0.6 is 23.8 Å². The van der Waals surface area contributed by atoms with Crippen LogP contribution in [0.25, 0.3) is 0 Å². The summed E-state index contributed by atoms with van der Waals surface area (Å²) in [7, 11) is 4.79. The fourth-order valence-corrected chi connectivity index (χ4v) is 3.18. The number of rotatable bonds is 6. The summed E-state index contributed by atoms with van der Waals surface area (Å²) in [6.07, 6.45) is 0. The van der Waals surface area contributed by atoms with Gasteiger partial charge in [0.25, 0.3) is 0 Å². The molecular formula is C19H23ClN2O3S. The quantitative estimate of drug-likeness (QED) is 0.705. The first-order chi connectivity index (χ1) is 12.4. The Kier molecular flexibility index (Phi) is 6.94. The standard InChI is InChI=1S/C19H23ClN2O3S/c1-11-6-12(2)18(14(20)7-11)22-19(26)21-10-13-8-16(24-4)17(25-5)9-15(13)23-3/h6-9H,10H2,1-5H3,(H2,21,22,26). The zero-order valence-corrected chi connectivity index (χ0v) is 17.1. The smallest absolute Gasteiger partial charge is 0.171 e. The number of benzene rings is 2. The van der Waals surface area contributed by atoms with Gasteiger partial charge in [0.15, 0.2) is 16.6 Å². The number of methoxy groups -OCH3 is 3. The van der Waals surface area contributed by atoms with E-state index in [-0.39, 0.29) is 0 Å². The Bertz CT molecular complexity index is 789. The molecule has 2 aromatic rings. The van der Waals surface area contributed by atoms with Crippen molar-refractivity contribution in [1.82, 2.24) is 5.32 Å². The monoisotopic (exact) mass is 394 g/mol. The van der Waals surface area contributed by atoms with Crippen molar-refractivity contribution in [2.45, 2.75) is 20.4 Å². The van der Waals surface area contributed by atoms with Crippen LogP contribution in [-0.4, -0.2) is 26.4 Å². The van der Waals surface area contributed by atoms with Gasteiger partial charge in [-0.05, 0) is 49.3 Å². The molecule has 140 valence electrons. The Labute approximate surface area is 164 Å². The molecule has 0 fully saturated rings. The number of hydrogen-bond donors (Lipinski definition) is 2. The van der Waals surface area contributed by atoms with Gasteiger partial charge >= 0.3 is 0 Å². The van der Waals surface area contributed by atoms with Crippen molar-refractivity contribution in [2.75, 3.05) is 26.6 Å². The van der Waals surface area contributed by atoms with E-state index in [0.717, 1.165) is 22.4 Å². The number of thiocarbonyl (C=S) groups is 1. The summed E-state index contributed by atoms with van der Waals surface area (Å²) in [5.41, 5.74) is 3.82. The average molecular weight is 395 g/mol. The molecule has 5 nitrogen and oxygen atoms in total. The van der Waals surface area contributed by atoms with Gasteiger partial charge in [-0.1, -0.05) is 17.7 Å². The van der Waals surface area contributed by atoms with E-state index in [1.807, 2.05) is 32.0 Å². The van der Waals surface area contributed by atoms with Crippen LogP contribution in [-0.2, 0) is 6.54 Å². The van der Waals surface area contributed by atoms with E-state index in [9.17, 15) is 0 Å². The highest BCUT2D eigenvalue weighted by Crippen LogP contribution is 2.34. The van der Waals surface area contributed by atoms with Crippen molar-refractivity contribution in [3.63, 3.8) is 0 Å². The summed E-state index contributed by atoms with van der Waals surface area (Å²) in [4.78, 5) is 0. The fourth-order valence-electron chi connectivity index (χ4n) is 2.64. The Hall–Kier alpha value is -2.18. The SMILES string of the molecule is COc1cc(OC)c(OC)cc1CNC(=S)Nc1c(C)cc(C)cc1Cl. The van der Waals surface area contributed by atoms with Crippen molar-refractivity contribution in [3.05, 3.63) is 46.0 Å². The zero-order chi connectivity index (χ0) is 19.3. The largest absolute Gasteiger partial charge is 0.496 e. The summed E-state index contributed by atoms with van der Waals surface area (Å²) in [5, 5.41) is 7.42. The molecule has 2 N–H and O–H groups in total. The normalized spacial score (nSPS) is 10.2. The van der Waals surface area contributed by atoms with Gasteiger partial charge in [0.1, 0.15) is 5.75 Å². The molecule has 0 aliphatic rings. The number of anilines is 1. The minimum absolute atomic E-state index is 0.456. The topological polar surface area (TPSA) is 51.8 Å².